The van der Waals surface area contributed by atoms with E-state index in [9.17, 15) is 13.2 Å². The summed E-state index contributed by atoms with van der Waals surface area (Å²) in [6.45, 7) is 0. The van der Waals surface area contributed by atoms with Gasteiger partial charge in [-0.2, -0.15) is 13.2 Å². The molecule has 0 fully saturated rings. The summed E-state index contributed by atoms with van der Waals surface area (Å²) in [7, 11) is 0. The minimum Gasteiger partial charge on any atom is -0.232 e. The molecule has 0 saturated carbocycles. The second-order valence-electron chi connectivity index (χ2n) is 1.83. The fourth-order valence-corrected chi connectivity index (χ4v) is 0.803. The lowest BCUT2D eigenvalue weighted by Gasteiger charge is -2.04. The number of nitrogens with zero attached hydrogens (tertiary/aromatic N) is 2. The third-order valence-electron chi connectivity index (χ3n) is 0.955. The van der Waals surface area contributed by atoms with Crippen molar-refractivity contribution < 1.29 is 13.2 Å². The van der Waals surface area contributed by atoms with Gasteiger partial charge in [-0.3, -0.25) is 0 Å². The van der Waals surface area contributed by atoms with Crippen molar-refractivity contribution in [1.82, 2.24) is 9.97 Å². The molecule has 0 aromatic carbocycles. The molecule has 0 saturated heterocycles. The van der Waals surface area contributed by atoms with Gasteiger partial charge in [-0.25, -0.2) is 9.97 Å². The van der Waals surface area contributed by atoms with Gasteiger partial charge in [-0.05, 0) is 15.9 Å². The van der Waals surface area contributed by atoms with Gasteiger partial charge in [0, 0.05) is 6.20 Å². The Morgan fingerprint density at radius 3 is 2.42 bits per heavy atom. The molecule has 1 rings (SSSR count). The van der Waals surface area contributed by atoms with E-state index in [-0.39, 0.29) is 9.63 Å². The van der Waals surface area contributed by atoms with Crippen molar-refractivity contribution in [3.8, 4) is 0 Å². The predicted octanol–water partition coefficient (Wildman–Crippen LogP) is 2.91. The smallest absolute Gasteiger partial charge is 0.232 e. The molecule has 0 atom stereocenters. The van der Waals surface area contributed by atoms with Gasteiger partial charge >= 0.3 is 6.18 Å². The number of hydrogen-bond acceptors (Lipinski definition) is 2. The van der Waals surface area contributed by atoms with Crippen LogP contribution in [0.25, 0.3) is 0 Å². The topological polar surface area (TPSA) is 25.8 Å². The molecular formula is C5HBrClF3N2. The first-order valence-corrected chi connectivity index (χ1v) is 3.83. The van der Waals surface area contributed by atoms with Crippen molar-refractivity contribution in [2.45, 2.75) is 6.18 Å². The van der Waals surface area contributed by atoms with Crippen LogP contribution >= 0.6 is 27.5 Å². The van der Waals surface area contributed by atoms with E-state index in [4.69, 9.17) is 11.6 Å². The normalized spacial score (nSPS) is 11.8. The van der Waals surface area contributed by atoms with Gasteiger partial charge in [0.25, 0.3) is 0 Å². The van der Waals surface area contributed by atoms with Crippen molar-refractivity contribution in [3.05, 3.63) is 21.6 Å². The molecule has 0 unspecified atom stereocenters. The standard InChI is InChI=1S/C5HBrClF3N2/c6-2-1-11-4(5(8,9)10)12-3(2)7/h1H. The molecule has 2 nitrogen and oxygen atoms in total. The molecule has 0 amide bonds. The highest BCUT2D eigenvalue weighted by Gasteiger charge is 2.34. The third-order valence-corrected chi connectivity index (χ3v) is 2.05. The van der Waals surface area contributed by atoms with Crippen LogP contribution in [0.3, 0.4) is 0 Å². The maximum atomic E-state index is 11.9. The van der Waals surface area contributed by atoms with Crippen LogP contribution in [0, 0.1) is 0 Å². The molecule has 0 aliphatic carbocycles. The van der Waals surface area contributed by atoms with E-state index in [0.29, 0.717) is 0 Å². The molecule has 0 bridgehead atoms. The van der Waals surface area contributed by atoms with Gasteiger partial charge in [0.05, 0.1) is 4.47 Å². The summed E-state index contributed by atoms with van der Waals surface area (Å²) in [5, 5.41) is -0.252. The first-order chi connectivity index (χ1) is 5.41. The Morgan fingerprint density at radius 2 is 2.00 bits per heavy atom. The molecule has 0 aliphatic rings. The van der Waals surface area contributed by atoms with Gasteiger partial charge in [-0.1, -0.05) is 11.6 Å². The Labute approximate surface area is 78.9 Å². The van der Waals surface area contributed by atoms with E-state index in [0.717, 1.165) is 6.20 Å². The monoisotopic (exact) mass is 260 g/mol. The van der Waals surface area contributed by atoms with Gasteiger partial charge in [-0.15, -0.1) is 0 Å². The highest BCUT2D eigenvalue weighted by Crippen LogP contribution is 2.28. The average Bonchev–Trinajstić information content (AvgIpc) is 1.92. The van der Waals surface area contributed by atoms with Crippen molar-refractivity contribution in [3.63, 3.8) is 0 Å². The van der Waals surface area contributed by atoms with Crippen LogP contribution in [-0.2, 0) is 6.18 Å². The van der Waals surface area contributed by atoms with Crippen LogP contribution in [-0.4, -0.2) is 9.97 Å². The van der Waals surface area contributed by atoms with Crippen molar-refractivity contribution >= 4 is 27.5 Å². The lowest BCUT2D eigenvalue weighted by Crippen LogP contribution is -2.10. The Morgan fingerprint density at radius 1 is 1.42 bits per heavy atom. The number of halogens is 5. The molecule has 12 heavy (non-hydrogen) atoms. The Kier molecular flexibility index (Phi) is 2.58. The molecule has 66 valence electrons. The minimum absolute atomic E-state index is 0.233. The molecular weight excluding hydrogens is 260 g/mol. The summed E-state index contributed by atoms with van der Waals surface area (Å²) in [6, 6.07) is 0. The second kappa shape index (κ2) is 3.18. The van der Waals surface area contributed by atoms with E-state index in [1.807, 2.05) is 0 Å². The molecule has 7 heteroatoms. The summed E-state index contributed by atoms with van der Waals surface area (Å²) >= 11 is 8.19. The molecule has 1 aromatic heterocycles. The van der Waals surface area contributed by atoms with Crippen LogP contribution in [0.15, 0.2) is 10.7 Å². The largest absolute Gasteiger partial charge is 0.451 e. The SMILES string of the molecule is FC(F)(F)c1ncc(Br)c(Cl)n1. The zero-order valence-corrected chi connectivity index (χ0v) is 7.70. The van der Waals surface area contributed by atoms with E-state index >= 15 is 0 Å². The maximum absolute atomic E-state index is 11.9. The fraction of sp³-hybridized carbons (Fsp3) is 0.200. The predicted molar refractivity (Wildman–Crippen MR) is 39.7 cm³/mol. The zero-order valence-electron chi connectivity index (χ0n) is 5.36. The van der Waals surface area contributed by atoms with Crippen LogP contribution in [0.4, 0.5) is 13.2 Å². The van der Waals surface area contributed by atoms with Crippen LogP contribution in [0.5, 0.6) is 0 Å². The Bertz CT molecular complexity index is 301. The first kappa shape index (κ1) is 9.73. The zero-order chi connectivity index (χ0) is 9.35. The van der Waals surface area contributed by atoms with E-state index in [1.165, 1.54) is 0 Å². The summed E-state index contributed by atoms with van der Waals surface area (Å²) < 4.78 is 35.9. The summed E-state index contributed by atoms with van der Waals surface area (Å²) in [6.07, 6.45) is -3.59. The fourth-order valence-electron chi connectivity index (χ4n) is 0.483. The molecule has 0 spiro atoms. The number of hydrogen-bond donors (Lipinski definition) is 0. The Balaban J connectivity index is 3.14. The van der Waals surface area contributed by atoms with Gasteiger partial charge < -0.3 is 0 Å². The van der Waals surface area contributed by atoms with Crippen molar-refractivity contribution in [1.29, 1.82) is 0 Å². The lowest BCUT2D eigenvalue weighted by atomic mass is 10.5. The lowest BCUT2D eigenvalue weighted by molar-refractivity contribution is -0.145. The van der Waals surface area contributed by atoms with Crippen LogP contribution in [0.1, 0.15) is 5.82 Å². The second-order valence-corrected chi connectivity index (χ2v) is 3.04. The average molecular weight is 261 g/mol. The van der Waals surface area contributed by atoms with Gasteiger partial charge in [0.15, 0.2) is 0 Å². The number of rotatable bonds is 0. The van der Waals surface area contributed by atoms with E-state index < -0.39 is 12.0 Å². The van der Waals surface area contributed by atoms with Crippen LogP contribution in [0.2, 0.25) is 5.15 Å². The molecule has 0 aliphatic heterocycles. The third kappa shape index (κ3) is 2.07. The first-order valence-electron chi connectivity index (χ1n) is 2.66. The number of aromatic nitrogens is 2. The quantitative estimate of drug-likeness (QED) is 0.671. The Hall–Kier alpha value is -0.360. The number of alkyl halides is 3. The minimum atomic E-state index is -4.55. The summed E-state index contributed by atoms with van der Waals surface area (Å²) in [5.41, 5.74) is 0. The summed E-state index contributed by atoms with van der Waals surface area (Å²) in [5.74, 6) is -1.24. The van der Waals surface area contributed by atoms with Crippen molar-refractivity contribution in [2.24, 2.45) is 0 Å². The molecule has 1 heterocycles. The summed E-state index contributed by atoms with van der Waals surface area (Å²) in [4.78, 5) is 6.07. The van der Waals surface area contributed by atoms with Gasteiger partial charge in [0.1, 0.15) is 5.15 Å². The van der Waals surface area contributed by atoms with E-state index in [2.05, 4.69) is 25.9 Å². The maximum Gasteiger partial charge on any atom is 0.451 e. The van der Waals surface area contributed by atoms with Crippen LogP contribution < -0.4 is 0 Å². The highest BCUT2D eigenvalue weighted by atomic mass is 79.9. The molecule has 0 radical (unpaired) electrons. The van der Waals surface area contributed by atoms with E-state index in [1.54, 1.807) is 0 Å². The van der Waals surface area contributed by atoms with Crippen molar-refractivity contribution in [2.75, 3.05) is 0 Å². The van der Waals surface area contributed by atoms with Gasteiger partial charge in [0.2, 0.25) is 5.82 Å². The molecule has 0 N–H and O–H groups in total. The highest BCUT2D eigenvalue weighted by molar-refractivity contribution is 9.10. The molecule has 1 aromatic rings.